The summed E-state index contributed by atoms with van der Waals surface area (Å²) in [5.41, 5.74) is 9.16. The number of nitrogens with one attached hydrogen (secondary N) is 2. The first-order valence-corrected chi connectivity index (χ1v) is 8.96. The molecule has 0 bridgehead atoms. The van der Waals surface area contributed by atoms with Gasteiger partial charge in [0.05, 0.1) is 11.3 Å². The Balaban J connectivity index is 1.72. The standard InChI is InChI=1S/C21H18FN5O2/c1-2-18(28)25-14-4-3-5-15(10-14)27-11-16(20(23)26-27)13-8-12-6-7-24-21(29)19(12)17(22)9-13/h2-5,8-11H,1,6-7H2,(H2,23,26)(H,24,29)(H,25,28). The maximum Gasteiger partial charge on any atom is 0.254 e. The number of halogens is 1. The summed E-state index contributed by atoms with van der Waals surface area (Å²) in [4.78, 5) is 23.4. The van der Waals surface area contributed by atoms with E-state index in [-0.39, 0.29) is 17.3 Å². The second-order valence-electron chi connectivity index (χ2n) is 6.61. The van der Waals surface area contributed by atoms with Gasteiger partial charge >= 0.3 is 0 Å². The van der Waals surface area contributed by atoms with Gasteiger partial charge in [0.15, 0.2) is 5.82 Å². The summed E-state index contributed by atoms with van der Waals surface area (Å²) < 4.78 is 16.1. The molecule has 0 radical (unpaired) electrons. The fraction of sp³-hybridized carbons (Fsp3) is 0.0952. The minimum absolute atomic E-state index is 0.0802. The van der Waals surface area contributed by atoms with E-state index in [4.69, 9.17) is 5.73 Å². The third kappa shape index (κ3) is 3.47. The zero-order valence-corrected chi connectivity index (χ0v) is 15.4. The van der Waals surface area contributed by atoms with E-state index in [1.54, 1.807) is 41.2 Å². The molecule has 0 unspecified atom stereocenters. The molecule has 0 aliphatic carbocycles. The van der Waals surface area contributed by atoms with Crippen molar-refractivity contribution in [2.45, 2.75) is 6.42 Å². The summed E-state index contributed by atoms with van der Waals surface area (Å²) in [6.07, 6.45) is 3.42. The monoisotopic (exact) mass is 391 g/mol. The van der Waals surface area contributed by atoms with Crippen LogP contribution in [-0.2, 0) is 11.2 Å². The normalized spacial score (nSPS) is 12.8. The lowest BCUT2D eigenvalue weighted by molar-refractivity contribution is -0.111. The van der Waals surface area contributed by atoms with Crippen molar-refractivity contribution in [2.24, 2.45) is 0 Å². The highest BCUT2D eigenvalue weighted by molar-refractivity contribution is 5.99. The number of fused-ring (bicyclic) bond motifs is 1. The molecule has 146 valence electrons. The van der Waals surface area contributed by atoms with Crippen molar-refractivity contribution in [2.75, 3.05) is 17.6 Å². The van der Waals surface area contributed by atoms with Crippen LogP contribution in [0.15, 0.2) is 55.3 Å². The predicted octanol–water partition coefficient (Wildman–Crippen LogP) is 2.67. The van der Waals surface area contributed by atoms with Crippen molar-refractivity contribution in [3.8, 4) is 16.8 Å². The smallest absolute Gasteiger partial charge is 0.254 e. The second-order valence-corrected chi connectivity index (χ2v) is 6.61. The van der Waals surface area contributed by atoms with Gasteiger partial charge in [-0.25, -0.2) is 9.07 Å². The van der Waals surface area contributed by atoms with Gasteiger partial charge in [-0.3, -0.25) is 9.59 Å². The molecule has 7 nitrogen and oxygen atoms in total. The summed E-state index contributed by atoms with van der Waals surface area (Å²) >= 11 is 0. The molecule has 0 atom stereocenters. The number of nitrogen functional groups attached to an aromatic ring is 1. The van der Waals surface area contributed by atoms with Gasteiger partial charge < -0.3 is 16.4 Å². The Hall–Kier alpha value is -3.94. The molecule has 1 aliphatic heterocycles. The van der Waals surface area contributed by atoms with Crippen LogP contribution >= 0.6 is 0 Å². The molecule has 0 saturated heterocycles. The summed E-state index contributed by atoms with van der Waals surface area (Å²) in [5.74, 6) is -1.09. The van der Waals surface area contributed by atoms with E-state index in [1.165, 1.54) is 12.1 Å². The van der Waals surface area contributed by atoms with E-state index in [1.807, 2.05) is 0 Å². The molecule has 4 N–H and O–H groups in total. The van der Waals surface area contributed by atoms with Crippen LogP contribution in [0.1, 0.15) is 15.9 Å². The lowest BCUT2D eigenvalue weighted by Crippen LogP contribution is -2.32. The summed E-state index contributed by atoms with van der Waals surface area (Å²) in [6.45, 7) is 3.89. The molecule has 3 aromatic rings. The van der Waals surface area contributed by atoms with Gasteiger partial charge in [0.2, 0.25) is 5.91 Å². The highest BCUT2D eigenvalue weighted by atomic mass is 19.1. The van der Waals surface area contributed by atoms with Crippen molar-refractivity contribution in [1.29, 1.82) is 0 Å². The van der Waals surface area contributed by atoms with Crippen LogP contribution in [0.25, 0.3) is 16.8 Å². The van der Waals surface area contributed by atoms with Gasteiger partial charge in [-0.1, -0.05) is 12.6 Å². The third-order valence-corrected chi connectivity index (χ3v) is 4.70. The SMILES string of the molecule is C=CC(=O)Nc1cccc(-n2cc(-c3cc(F)c4c(c3)CCNC4=O)c(N)n2)c1. The van der Waals surface area contributed by atoms with Crippen LogP contribution in [0.2, 0.25) is 0 Å². The third-order valence-electron chi connectivity index (χ3n) is 4.70. The number of anilines is 2. The number of benzene rings is 2. The van der Waals surface area contributed by atoms with E-state index in [0.717, 1.165) is 0 Å². The van der Waals surface area contributed by atoms with E-state index in [2.05, 4.69) is 22.3 Å². The minimum atomic E-state index is -0.587. The Morgan fingerprint density at radius 1 is 1.34 bits per heavy atom. The van der Waals surface area contributed by atoms with Crippen molar-refractivity contribution in [1.82, 2.24) is 15.1 Å². The Morgan fingerprint density at radius 3 is 2.97 bits per heavy atom. The van der Waals surface area contributed by atoms with E-state index >= 15 is 0 Å². The molecule has 1 aromatic heterocycles. The van der Waals surface area contributed by atoms with E-state index in [9.17, 15) is 14.0 Å². The molecule has 0 spiro atoms. The first-order chi connectivity index (χ1) is 14.0. The molecule has 2 heterocycles. The number of amides is 2. The molecule has 4 rings (SSSR count). The number of hydrogen-bond acceptors (Lipinski definition) is 4. The van der Waals surface area contributed by atoms with Gasteiger partial charge in [0.1, 0.15) is 5.82 Å². The van der Waals surface area contributed by atoms with Gasteiger partial charge in [-0.05, 0) is 54.0 Å². The molecule has 2 amide bonds. The van der Waals surface area contributed by atoms with Crippen molar-refractivity contribution in [3.05, 3.63) is 72.2 Å². The molecule has 1 aliphatic rings. The summed E-state index contributed by atoms with van der Waals surface area (Å²) in [6, 6.07) is 10.1. The maximum atomic E-state index is 14.6. The Labute approximate surface area is 166 Å². The Bertz CT molecular complexity index is 1150. The highest BCUT2D eigenvalue weighted by Gasteiger charge is 2.23. The van der Waals surface area contributed by atoms with Gasteiger partial charge in [0, 0.05) is 24.0 Å². The molecule has 29 heavy (non-hydrogen) atoms. The average Bonchev–Trinajstić information content (AvgIpc) is 3.09. The Kier molecular flexibility index (Phi) is 4.59. The molecule has 8 heteroatoms. The number of carbonyl (C=O) groups excluding carboxylic acids is 2. The maximum absolute atomic E-state index is 14.6. The molecule has 0 fully saturated rings. The van der Waals surface area contributed by atoms with Crippen molar-refractivity contribution >= 4 is 23.3 Å². The topological polar surface area (TPSA) is 102 Å². The van der Waals surface area contributed by atoms with Gasteiger partial charge in [-0.15, -0.1) is 0 Å². The fourth-order valence-electron chi connectivity index (χ4n) is 3.33. The zero-order chi connectivity index (χ0) is 20.5. The lowest BCUT2D eigenvalue weighted by atomic mass is 9.95. The number of nitrogens with zero attached hydrogens (tertiary/aromatic N) is 2. The first-order valence-electron chi connectivity index (χ1n) is 8.96. The number of nitrogens with two attached hydrogens (primary N) is 1. The molecular formula is C21H18FN5O2. The summed E-state index contributed by atoms with van der Waals surface area (Å²) in [5, 5.41) is 9.64. The minimum Gasteiger partial charge on any atom is -0.382 e. The second kappa shape index (κ2) is 7.23. The van der Waals surface area contributed by atoms with Crippen molar-refractivity contribution < 1.29 is 14.0 Å². The van der Waals surface area contributed by atoms with Crippen LogP contribution in [0, 0.1) is 5.82 Å². The fourth-order valence-corrected chi connectivity index (χ4v) is 3.33. The molecular weight excluding hydrogens is 373 g/mol. The van der Waals surface area contributed by atoms with E-state index in [0.29, 0.717) is 41.0 Å². The first kappa shape index (κ1) is 18.4. The van der Waals surface area contributed by atoms with Gasteiger partial charge in [0.25, 0.3) is 5.91 Å². The largest absolute Gasteiger partial charge is 0.382 e. The molecule has 2 aromatic carbocycles. The number of hydrogen-bond donors (Lipinski definition) is 3. The zero-order valence-electron chi connectivity index (χ0n) is 15.4. The van der Waals surface area contributed by atoms with Crippen LogP contribution in [0.3, 0.4) is 0 Å². The van der Waals surface area contributed by atoms with Crippen LogP contribution < -0.4 is 16.4 Å². The lowest BCUT2D eigenvalue weighted by Gasteiger charge is -2.18. The van der Waals surface area contributed by atoms with E-state index < -0.39 is 11.7 Å². The quantitative estimate of drug-likeness (QED) is 0.595. The number of rotatable bonds is 4. The number of carbonyl (C=O) groups is 2. The van der Waals surface area contributed by atoms with Crippen LogP contribution in [0.4, 0.5) is 15.9 Å². The average molecular weight is 391 g/mol. The summed E-state index contributed by atoms with van der Waals surface area (Å²) in [7, 11) is 0. The Morgan fingerprint density at radius 2 is 2.17 bits per heavy atom. The number of aromatic nitrogens is 2. The van der Waals surface area contributed by atoms with Crippen LogP contribution in [-0.4, -0.2) is 28.1 Å². The molecule has 0 saturated carbocycles. The van der Waals surface area contributed by atoms with Crippen molar-refractivity contribution in [3.63, 3.8) is 0 Å². The highest BCUT2D eigenvalue weighted by Crippen LogP contribution is 2.31. The van der Waals surface area contributed by atoms with Gasteiger partial charge in [-0.2, -0.15) is 5.10 Å². The van der Waals surface area contributed by atoms with Crippen LogP contribution in [0.5, 0.6) is 0 Å². The predicted molar refractivity (Wildman–Crippen MR) is 108 cm³/mol.